The van der Waals surface area contributed by atoms with Crippen LogP contribution in [0, 0.1) is 0 Å². The number of carbonyl (C=O) groups is 2. The number of benzene rings is 1. The molecule has 0 N–H and O–H groups in total. The molecule has 2 fully saturated rings. The second-order valence-corrected chi connectivity index (χ2v) is 8.76. The van der Waals surface area contributed by atoms with Crippen LogP contribution in [0.25, 0.3) is 10.2 Å². The molecule has 0 saturated carbocycles. The number of nitrogens with zero attached hydrogens (tertiary/aromatic N) is 3. The number of alkyl halides is 3. The average molecular weight is 441 g/mol. The lowest BCUT2D eigenvalue weighted by atomic mass is 9.84. The molecule has 10 heteroatoms. The highest BCUT2D eigenvalue weighted by Gasteiger charge is 2.47. The Kier molecular flexibility index (Phi) is 5.37. The molecule has 0 bridgehead atoms. The average Bonchev–Trinajstić information content (AvgIpc) is 3.33. The highest BCUT2D eigenvalue weighted by Crippen LogP contribution is 2.40. The van der Waals surface area contributed by atoms with E-state index in [2.05, 4.69) is 9.72 Å². The molecule has 2 amide bonds. The lowest BCUT2D eigenvalue weighted by molar-refractivity contribution is -0.200. The van der Waals surface area contributed by atoms with Crippen molar-refractivity contribution < 1.29 is 27.5 Å². The molecular formula is C20H22F3N3O3S. The molecule has 2 saturated heterocycles. The fraction of sp³-hybridized carbons (Fsp3) is 0.550. The number of fused-ring (bicyclic) bond motifs is 1. The fourth-order valence-electron chi connectivity index (χ4n) is 4.32. The van der Waals surface area contributed by atoms with E-state index in [1.807, 2.05) is 11.0 Å². The number of rotatable bonds is 2. The zero-order valence-electron chi connectivity index (χ0n) is 16.4. The maximum Gasteiger partial charge on any atom is 0.425 e. The van der Waals surface area contributed by atoms with Gasteiger partial charge < -0.3 is 14.5 Å². The number of hydrogen-bond acceptors (Lipinski definition) is 5. The molecule has 1 atom stereocenters. The van der Waals surface area contributed by atoms with Gasteiger partial charge in [0.15, 0.2) is 6.10 Å². The van der Waals surface area contributed by atoms with Crippen LogP contribution in [0.4, 0.5) is 18.0 Å². The Labute approximate surface area is 175 Å². The number of aromatic nitrogens is 1. The van der Waals surface area contributed by atoms with Gasteiger partial charge in [0.05, 0.1) is 15.7 Å². The van der Waals surface area contributed by atoms with Crippen LogP contribution in [0.15, 0.2) is 23.7 Å². The number of carbonyl (C=O) groups excluding carboxylic acids is 2. The summed E-state index contributed by atoms with van der Waals surface area (Å²) >= 11 is 1.51. The van der Waals surface area contributed by atoms with Crippen LogP contribution in [0.2, 0.25) is 0 Å². The summed E-state index contributed by atoms with van der Waals surface area (Å²) < 4.78 is 43.5. The first-order valence-corrected chi connectivity index (χ1v) is 10.8. The van der Waals surface area contributed by atoms with Crippen LogP contribution >= 0.6 is 11.3 Å². The largest absolute Gasteiger partial charge is 0.437 e. The van der Waals surface area contributed by atoms with Crippen molar-refractivity contribution in [2.45, 2.75) is 50.4 Å². The van der Waals surface area contributed by atoms with Crippen molar-refractivity contribution in [3.63, 3.8) is 0 Å². The van der Waals surface area contributed by atoms with Gasteiger partial charge in [-0.1, -0.05) is 0 Å². The minimum absolute atomic E-state index is 0.0656. The van der Waals surface area contributed by atoms with Crippen molar-refractivity contribution in [1.29, 1.82) is 0 Å². The Morgan fingerprint density at radius 3 is 2.63 bits per heavy atom. The summed E-state index contributed by atoms with van der Waals surface area (Å²) in [6.07, 6.45) is -4.97. The quantitative estimate of drug-likeness (QED) is 0.691. The SMILES string of the molecule is CC(OC(=O)N1CCC2(CCCN2C(=O)c2ccc3scnc3c2)CC1)C(F)(F)F. The lowest BCUT2D eigenvalue weighted by Crippen LogP contribution is -2.55. The van der Waals surface area contributed by atoms with Crippen LogP contribution in [-0.2, 0) is 4.74 Å². The smallest absolute Gasteiger partial charge is 0.425 e. The summed E-state index contributed by atoms with van der Waals surface area (Å²) in [4.78, 5) is 32.8. The topological polar surface area (TPSA) is 62.7 Å². The summed E-state index contributed by atoms with van der Waals surface area (Å²) in [5, 5.41) is 0. The summed E-state index contributed by atoms with van der Waals surface area (Å²) in [6.45, 7) is 1.97. The molecule has 1 aromatic heterocycles. The normalized spacial score (nSPS) is 20.0. The highest BCUT2D eigenvalue weighted by molar-refractivity contribution is 7.16. The Hall–Kier alpha value is -2.36. The first-order valence-electron chi connectivity index (χ1n) is 9.87. The monoisotopic (exact) mass is 441 g/mol. The molecule has 1 unspecified atom stereocenters. The van der Waals surface area contributed by atoms with Crippen molar-refractivity contribution in [3.8, 4) is 0 Å². The third kappa shape index (κ3) is 3.84. The molecule has 0 aliphatic carbocycles. The number of amides is 2. The van der Waals surface area contributed by atoms with E-state index in [1.165, 1.54) is 16.2 Å². The number of halogens is 3. The van der Waals surface area contributed by atoms with Gasteiger partial charge in [-0.3, -0.25) is 4.79 Å². The maximum atomic E-state index is 13.2. The molecule has 2 aliphatic heterocycles. The predicted octanol–water partition coefficient (Wildman–Crippen LogP) is 4.45. The van der Waals surface area contributed by atoms with Crippen LogP contribution in [-0.4, -0.2) is 64.2 Å². The maximum absolute atomic E-state index is 13.2. The van der Waals surface area contributed by atoms with Gasteiger partial charge in [0, 0.05) is 30.7 Å². The number of ether oxygens (including phenoxy) is 1. The van der Waals surface area contributed by atoms with Gasteiger partial charge in [-0.15, -0.1) is 11.3 Å². The van der Waals surface area contributed by atoms with E-state index < -0.39 is 18.4 Å². The Morgan fingerprint density at radius 2 is 1.93 bits per heavy atom. The Morgan fingerprint density at radius 1 is 1.20 bits per heavy atom. The molecule has 30 heavy (non-hydrogen) atoms. The molecule has 2 aliphatic rings. The molecule has 162 valence electrons. The molecule has 4 rings (SSSR count). The summed E-state index contributed by atoms with van der Waals surface area (Å²) in [5.41, 5.74) is 2.73. The van der Waals surface area contributed by atoms with Gasteiger partial charge in [-0.25, -0.2) is 9.78 Å². The molecule has 2 aromatic rings. The molecular weight excluding hydrogens is 419 g/mol. The van der Waals surface area contributed by atoms with Crippen molar-refractivity contribution in [1.82, 2.24) is 14.8 Å². The number of piperidine rings is 1. The molecule has 0 radical (unpaired) electrons. The molecule has 1 aromatic carbocycles. The predicted molar refractivity (Wildman–Crippen MR) is 105 cm³/mol. The van der Waals surface area contributed by atoms with E-state index in [9.17, 15) is 22.8 Å². The van der Waals surface area contributed by atoms with Crippen molar-refractivity contribution in [2.75, 3.05) is 19.6 Å². The summed E-state index contributed by atoms with van der Waals surface area (Å²) in [7, 11) is 0. The van der Waals surface area contributed by atoms with E-state index in [0.29, 0.717) is 24.9 Å². The molecule has 3 heterocycles. The van der Waals surface area contributed by atoms with Crippen molar-refractivity contribution in [2.24, 2.45) is 0 Å². The Balaban J connectivity index is 1.43. The first kappa shape index (κ1) is 20.9. The van der Waals surface area contributed by atoms with Crippen LogP contribution in [0.3, 0.4) is 0 Å². The van der Waals surface area contributed by atoms with E-state index >= 15 is 0 Å². The standard InChI is InChI=1S/C20H22F3N3O3S/c1-13(20(21,22)23)29-18(28)25-9-6-19(7-10-25)5-2-8-26(19)17(27)14-3-4-16-15(11-14)24-12-30-16/h3-4,11-13H,2,5-10H2,1H3. The molecule has 6 nitrogen and oxygen atoms in total. The van der Waals surface area contributed by atoms with Gasteiger partial charge in [-0.2, -0.15) is 13.2 Å². The third-order valence-electron chi connectivity index (χ3n) is 6.11. The van der Waals surface area contributed by atoms with Crippen LogP contribution in [0.1, 0.15) is 43.0 Å². The van der Waals surface area contributed by atoms with E-state index in [1.54, 1.807) is 17.6 Å². The van der Waals surface area contributed by atoms with Gasteiger partial charge in [0.1, 0.15) is 0 Å². The van der Waals surface area contributed by atoms with Crippen LogP contribution in [0.5, 0.6) is 0 Å². The summed E-state index contributed by atoms with van der Waals surface area (Å²) in [6, 6.07) is 5.49. The van der Waals surface area contributed by atoms with Gasteiger partial charge in [0.2, 0.25) is 0 Å². The molecule has 1 spiro atoms. The fourth-order valence-corrected chi connectivity index (χ4v) is 4.98. The van der Waals surface area contributed by atoms with Gasteiger partial charge >= 0.3 is 12.3 Å². The minimum Gasteiger partial charge on any atom is -0.437 e. The lowest BCUT2D eigenvalue weighted by Gasteiger charge is -2.44. The van der Waals surface area contributed by atoms with Crippen LogP contribution < -0.4 is 0 Å². The van der Waals surface area contributed by atoms with Gasteiger partial charge in [-0.05, 0) is 50.8 Å². The Bertz CT molecular complexity index is 953. The minimum atomic E-state index is -4.58. The summed E-state index contributed by atoms with van der Waals surface area (Å²) in [5.74, 6) is -0.0656. The second-order valence-electron chi connectivity index (χ2n) is 7.87. The number of hydrogen-bond donors (Lipinski definition) is 0. The highest BCUT2D eigenvalue weighted by atomic mass is 32.1. The van der Waals surface area contributed by atoms with Crippen molar-refractivity contribution >= 4 is 33.6 Å². The van der Waals surface area contributed by atoms with Gasteiger partial charge in [0.25, 0.3) is 5.91 Å². The second kappa shape index (κ2) is 7.72. The first-order chi connectivity index (χ1) is 14.2. The van der Waals surface area contributed by atoms with E-state index in [4.69, 9.17) is 0 Å². The zero-order valence-corrected chi connectivity index (χ0v) is 17.3. The van der Waals surface area contributed by atoms with Crippen molar-refractivity contribution in [3.05, 3.63) is 29.3 Å². The number of likely N-dealkylation sites (tertiary alicyclic amines) is 2. The zero-order chi connectivity index (χ0) is 21.5. The number of thiazole rings is 1. The van der Waals surface area contributed by atoms with E-state index in [0.717, 1.165) is 30.0 Å². The van der Waals surface area contributed by atoms with E-state index in [-0.39, 0.29) is 24.5 Å². The third-order valence-corrected chi connectivity index (χ3v) is 6.92.